The zero-order valence-electron chi connectivity index (χ0n) is 22.7. The fourth-order valence-corrected chi connectivity index (χ4v) is 6.72. The lowest BCUT2D eigenvalue weighted by Crippen LogP contribution is -2.45. The maximum Gasteiger partial charge on any atom is 0.253 e. The number of unbranched alkanes of at least 4 members (excludes halogenated alkanes) is 1. The van der Waals surface area contributed by atoms with Gasteiger partial charge in [0.05, 0.1) is 12.6 Å². The minimum atomic E-state index is 0.0713. The van der Waals surface area contributed by atoms with Crippen molar-refractivity contribution in [2.24, 2.45) is 0 Å². The van der Waals surface area contributed by atoms with E-state index in [0.29, 0.717) is 32.7 Å². The Morgan fingerprint density at radius 3 is 2.45 bits per heavy atom. The van der Waals surface area contributed by atoms with E-state index < -0.39 is 0 Å². The van der Waals surface area contributed by atoms with Crippen molar-refractivity contribution in [3.63, 3.8) is 0 Å². The third-order valence-corrected chi connectivity index (χ3v) is 9.04. The van der Waals surface area contributed by atoms with E-state index in [4.69, 9.17) is 0 Å². The van der Waals surface area contributed by atoms with E-state index in [1.54, 1.807) is 0 Å². The van der Waals surface area contributed by atoms with Gasteiger partial charge in [0.1, 0.15) is 0 Å². The smallest absolute Gasteiger partial charge is 0.253 e. The topological polar surface area (TPSA) is 43.9 Å². The summed E-state index contributed by atoms with van der Waals surface area (Å²) in [5, 5.41) is 2.18. The largest absolute Gasteiger partial charge is 0.340 e. The van der Waals surface area contributed by atoms with Gasteiger partial charge in [0, 0.05) is 43.2 Å². The third-order valence-electron chi connectivity index (χ3n) is 8.04. The Morgan fingerprint density at radius 1 is 0.895 bits per heavy atom. The van der Waals surface area contributed by atoms with Crippen molar-refractivity contribution in [3.05, 3.63) is 92.7 Å². The molecule has 2 amide bonds. The third kappa shape index (κ3) is 5.87. The Balaban J connectivity index is 1.23. The molecule has 1 atom stereocenters. The van der Waals surface area contributed by atoms with Crippen LogP contribution in [0.5, 0.6) is 0 Å². The minimum absolute atomic E-state index is 0.0713. The predicted molar refractivity (Wildman–Crippen MR) is 155 cm³/mol. The number of aryl methyl sites for hydroxylation is 2. The molecule has 2 aliphatic rings. The van der Waals surface area contributed by atoms with Gasteiger partial charge in [0.2, 0.25) is 5.91 Å². The van der Waals surface area contributed by atoms with Gasteiger partial charge in [-0.15, -0.1) is 11.3 Å². The van der Waals surface area contributed by atoms with Gasteiger partial charge in [-0.2, -0.15) is 0 Å². The van der Waals surface area contributed by atoms with Gasteiger partial charge in [-0.3, -0.25) is 14.5 Å². The summed E-state index contributed by atoms with van der Waals surface area (Å²) in [6.45, 7) is 8.20. The molecule has 1 aromatic heterocycles. The first kappa shape index (κ1) is 26.6. The monoisotopic (exact) mass is 529 g/mol. The van der Waals surface area contributed by atoms with Gasteiger partial charge in [-0.1, -0.05) is 49.7 Å². The minimum Gasteiger partial charge on any atom is -0.340 e. The maximum absolute atomic E-state index is 13.6. The van der Waals surface area contributed by atoms with Gasteiger partial charge in [0.15, 0.2) is 0 Å². The lowest BCUT2D eigenvalue weighted by molar-refractivity contribution is -0.132. The molecule has 2 aliphatic heterocycles. The van der Waals surface area contributed by atoms with Crippen LogP contribution in [0.2, 0.25) is 0 Å². The van der Waals surface area contributed by atoms with E-state index >= 15 is 0 Å². The van der Waals surface area contributed by atoms with Crippen molar-refractivity contribution in [2.45, 2.75) is 52.0 Å². The van der Waals surface area contributed by atoms with Crippen LogP contribution >= 0.6 is 11.3 Å². The second-order valence-corrected chi connectivity index (χ2v) is 11.6. The highest BCUT2D eigenvalue weighted by molar-refractivity contribution is 7.10. The average Bonchev–Trinajstić information content (AvgIpc) is 3.28. The standard InChI is InChI=1S/C32H39N3O2S/c1-3-4-9-25-11-13-26(14-12-25)32(37)34-18-7-17-33(20-21-34)30(36)23-35-19-15-29-28(16-22-38-29)31(35)27-10-6-5-8-24(27)2/h5-6,8,10-14,16,22,31H,3-4,7,9,15,17-21,23H2,1-2H3/t31-/m0/s1. The molecule has 3 aromatic rings. The first-order valence-electron chi connectivity index (χ1n) is 14.1. The number of nitrogens with zero attached hydrogens (tertiary/aromatic N) is 3. The van der Waals surface area contributed by atoms with E-state index in [1.165, 1.54) is 40.0 Å². The van der Waals surface area contributed by atoms with E-state index in [-0.39, 0.29) is 17.9 Å². The molecular weight excluding hydrogens is 490 g/mol. The van der Waals surface area contributed by atoms with E-state index in [2.05, 4.69) is 66.6 Å². The molecule has 0 radical (unpaired) electrons. The molecule has 0 unspecified atom stereocenters. The van der Waals surface area contributed by atoms with Gasteiger partial charge >= 0.3 is 0 Å². The molecule has 1 fully saturated rings. The normalized spacial score (nSPS) is 18.2. The van der Waals surface area contributed by atoms with Crippen LogP contribution in [0, 0.1) is 6.92 Å². The Bertz CT molecular complexity index is 1250. The molecule has 38 heavy (non-hydrogen) atoms. The number of carbonyl (C=O) groups excluding carboxylic acids is 2. The first-order valence-corrected chi connectivity index (χ1v) is 14.9. The Kier molecular flexibility index (Phi) is 8.60. The zero-order valence-corrected chi connectivity index (χ0v) is 23.5. The van der Waals surface area contributed by atoms with Crippen LogP contribution in [0.15, 0.2) is 60.0 Å². The van der Waals surface area contributed by atoms with Crippen molar-refractivity contribution in [1.82, 2.24) is 14.7 Å². The fraction of sp³-hybridized carbons (Fsp3) is 0.438. The lowest BCUT2D eigenvalue weighted by Gasteiger charge is -2.37. The lowest BCUT2D eigenvalue weighted by atomic mass is 9.90. The van der Waals surface area contributed by atoms with Gasteiger partial charge < -0.3 is 9.80 Å². The van der Waals surface area contributed by atoms with Crippen molar-refractivity contribution in [1.29, 1.82) is 0 Å². The van der Waals surface area contributed by atoms with Gasteiger partial charge in [0.25, 0.3) is 5.91 Å². The summed E-state index contributed by atoms with van der Waals surface area (Å²) < 4.78 is 0. The van der Waals surface area contributed by atoms with Gasteiger partial charge in [-0.05, 0) is 78.4 Å². The fourth-order valence-electron chi connectivity index (χ4n) is 5.82. The van der Waals surface area contributed by atoms with Crippen LogP contribution in [0.1, 0.15) is 69.7 Å². The molecule has 0 N–H and O–H groups in total. The summed E-state index contributed by atoms with van der Waals surface area (Å²) in [4.78, 5) is 34.5. The second kappa shape index (κ2) is 12.3. The molecule has 3 heterocycles. The van der Waals surface area contributed by atoms with Crippen LogP contribution in [-0.2, 0) is 17.6 Å². The highest BCUT2D eigenvalue weighted by Gasteiger charge is 2.33. The van der Waals surface area contributed by atoms with Crippen LogP contribution in [0.4, 0.5) is 0 Å². The molecule has 2 aromatic carbocycles. The number of carbonyl (C=O) groups is 2. The molecule has 1 saturated heterocycles. The van der Waals surface area contributed by atoms with Crippen molar-refractivity contribution < 1.29 is 9.59 Å². The molecular formula is C32H39N3O2S. The van der Waals surface area contributed by atoms with E-state index in [0.717, 1.165) is 31.4 Å². The number of fused-ring (bicyclic) bond motifs is 1. The number of hydrogen-bond acceptors (Lipinski definition) is 4. The van der Waals surface area contributed by atoms with Gasteiger partial charge in [-0.25, -0.2) is 0 Å². The summed E-state index contributed by atoms with van der Waals surface area (Å²) >= 11 is 1.83. The molecule has 0 spiro atoms. The van der Waals surface area contributed by atoms with Crippen molar-refractivity contribution >= 4 is 23.2 Å². The Labute approximate surface area is 231 Å². The zero-order chi connectivity index (χ0) is 26.5. The van der Waals surface area contributed by atoms with Crippen molar-refractivity contribution in [2.75, 3.05) is 39.3 Å². The summed E-state index contributed by atoms with van der Waals surface area (Å²) in [5.41, 5.74) is 5.92. The highest BCUT2D eigenvalue weighted by atomic mass is 32.1. The molecule has 0 bridgehead atoms. The molecule has 200 valence electrons. The van der Waals surface area contributed by atoms with Crippen LogP contribution in [-0.4, -0.2) is 65.8 Å². The SMILES string of the molecule is CCCCc1ccc(C(=O)N2CCCN(C(=O)CN3CCc4sccc4[C@@H]3c3ccccc3C)CC2)cc1. The van der Waals surface area contributed by atoms with Crippen molar-refractivity contribution in [3.8, 4) is 0 Å². The number of thiophene rings is 1. The number of benzene rings is 2. The number of hydrogen-bond donors (Lipinski definition) is 0. The Hall–Kier alpha value is -2.96. The van der Waals surface area contributed by atoms with E-state index in [9.17, 15) is 9.59 Å². The summed E-state index contributed by atoms with van der Waals surface area (Å²) in [6.07, 6.45) is 5.19. The van der Waals surface area contributed by atoms with Crippen LogP contribution < -0.4 is 0 Å². The van der Waals surface area contributed by atoms with E-state index in [1.807, 2.05) is 33.3 Å². The first-order chi connectivity index (χ1) is 18.5. The predicted octanol–water partition coefficient (Wildman–Crippen LogP) is 5.72. The highest BCUT2D eigenvalue weighted by Crippen LogP contribution is 2.38. The average molecular weight is 530 g/mol. The second-order valence-electron chi connectivity index (χ2n) is 10.6. The molecule has 5 rings (SSSR count). The Morgan fingerprint density at radius 2 is 1.66 bits per heavy atom. The summed E-state index contributed by atoms with van der Waals surface area (Å²) in [5.74, 6) is 0.235. The summed E-state index contributed by atoms with van der Waals surface area (Å²) in [7, 11) is 0. The molecule has 6 heteroatoms. The maximum atomic E-state index is 13.6. The number of amides is 2. The molecule has 5 nitrogen and oxygen atoms in total. The number of rotatable bonds is 7. The van der Waals surface area contributed by atoms with Crippen LogP contribution in [0.25, 0.3) is 0 Å². The molecule has 0 aliphatic carbocycles. The quantitative estimate of drug-likeness (QED) is 0.393. The molecule has 0 saturated carbocycles. The van der Waals surface area contributed by atoms with Crippen LogP contribution in [0.3, 0.4) is 0 Å². The summed E-state index contributed by atoms with van der Waals surface area (Å²) in [6, 6.07) is 19.0.